The fourth-order valence-corrected chi connectivity index (χ4v) is 1.97. The van der Waals surface area contributed by atoms with Gasteiger partial charge in [-0.2, -0.15) is 0 Å². The molecule has 0 unspecified atom stereocenters. The largest absolute Gasteiger partial charge is 0.497 e. The van der Waals surface area contributed by atoms with E-state index in [1.165, 1.54) is 0 Å². The van der Waals surface area contributed by atoms with Gasteiger partial charge in [-0.1, -0.05) is 23.7 Å². The fraction of sp³-hybridized carbons (Fsp3) is 0.200. The zero-order valence-corrected chi connectivity index (χ0v) is 11.7. The first kappa shape index (κ1) is 13.6. The second kappa shape index (κ2) is 6.34. The van der Waals surface area contributed by atoms with E-state index in [0.717, 1.165) is 27.8 Å². The average Bonchev–Trinajstić information content (AvgIpc) is 2.44. The molecule has 3 nitrogen and oxygen atoms in total. The molecule has 0 saturated carbocycles. The van der Waals surface area contributed by atoms with Crippen LogP contribution in [-0.4, -0.2) is 14.2 Å². The first-order valence-corrected chi connectivity index (χ1v) is 6.30. The van der Waals surface area contributed by atoms with Gasteiger partial charge in [0, 0.05) is 35.5 Å². The molecule has 0 aliphatic heterocycles. The molecule has 0 atom stereocenters. The maximum absolute atomic E-state index is 5.95. The second-order valence-electron chi connectivity index (χ2n) is 4.08. The highest BCUT2D eigenvalue weighted by molar-refractivity contribution is 6.30. The molecule has 0 aliphatic carbocycles. The van der Waals surface area contributed by atoms with Crippen LogP contribution >= 0.6 is 11.6 Å². The van der Waals surface area contributed by atoms with Gasteiger partial charge in [0.15, 0.2) is 0 Å². The minimum Gasteiger partial charge on any atom is -0.497 e. The van der Waals surface area contributed by atoms with Crippen LogP contribution in [0.15, 0.2) is 42.5 Å². The highest BCUT2D eigenvalue weighted by Gasteiger charge is 2.02. The fourth-order valence-electron chi connectivity index (χ4n) is 1.76. The van der Waals surface area contributed by atoms with Crippen molar-refractivity contribution in [1.82, 2.24) is 0 Å². The third kappa shape index (κ3) is 3.80. The Bertz CT molecular complexity index is 535. The number of ether oxygens (including phenoxy) is 2. The Morgan fingerprint density at radius 2 is 1.68 bits per heavy atom. The van der Waals surface area contributed by atoms with E-state index in [1.54, 1.807) is 14.2 Å². The van der Waals surface area contributed by atoms with Crippen molar-refractivity contribution in [2.45, 2.75) is 6.54 Å². The number of nitrogens with one attached hydrogen (secondary N) is 1. The molecule has 0 amide bonds. The average molecular weight is 278 g/mol. The first-order chi connectivity index (χ1) is 9.21. The molecule has 0 radical (unpaired) electrons. The van der Waals surface area contributed by atoms with Crippen molar-refractivity contribution in [3.63, 3.8) is 0 Å². The lowest BCUT2D eigenvalue weighted by atomic mass is 10.2. The maximum Gasteiger partial charge on any atom is 0.124 e. The molecular weight excluding hydrogens is 262 g/mol. The lowest BCUT2D eigenvalue weighted by Crippen LogP contribution is -2.00. The van der Waals surface area contributed by atoms with Crippen LogP contribution in [-0.2, 0) is 6.54 Å². The summed E-state index contributed by atoms with van der Waals surface area (Å²) in [5.74, 6) is 1.51. The van der Waals surface area contributed by atoms with E-state index in [2.05, 4.69) is 5.32 Å². The Morgan fingerprint density at radius 3 is 2.26 bits per heavy atom. The van der Waals surface area contributed by atoms with Crippen LogP contribution in [0.25, 0.3) is 0 Å². The number of methoxy groups -OCH3 is 2. The molecule has 0 fully saturated rings. The van der Waals surface area contributed by atoms with Gasteiger partial charge < -0.3 is 14.8 Å². The highest BCUT2D eigenvalue weighted by Crippen LogP contribution is 2.26. The molecule has 0 aromatic heterocycles. The summed E-state index contributed by atoms with van der Waals surface area (Å²) in [6.07, 6.45) is 0. The monoisotopic (exact) mass is 277 g/mol. The summed E-state index contributed by atoms with van der Waals surface area (Å²) >= 11 is 5.95. The van der Waals surface area contributed by atoms with Crippen LogP contribution in [0.3, 0.4) is 0 Å². The van der Waals surface area contributed by atoms with Gasteiger partial charge in [0.1, 0.15) is 11.5 Å². The van der Waals surface area contributed by atoms with Crippen LogP contribution in [0.4, 0.5) is 5.69 Å². The summed E-state index contributed by atoms with van der Waals surface area (Å²) in [6, 6.07) is 13.4. The lowest BCUT2D eigenvalue weighted by Gasteiger charge is -2.11. The quantitative estimate of drug-likeness (QED) is 0.897. The molecule has 2 aromatic rings. The molecular formula is C15H16ClNO2. The number of anilines is 1. The third-order valence-electron chi connectivity index (χ3n) is 2.74. The molecule has 4 heteroatoms. The Morgan fingerprint density at radius 1 is 1.00 bits per heavy atom. The van der Waals surface area contributed by atoms with Gasteiger partial charge in [-0.15, -0.1) is 0 Å². The van der Waals surface area contributed by atoms with Gasteiger partial charge in [0.25, 0.3) is 0 Å². The Balaban J connectivity index is 2.10. The first-order valence-electron chi connectivity index (χ1n) is 5.92. The molecule has 0 spiro atoms. The van der Waals surface area contributed by atoms with E-state index >= 15 is 0 Å². The number of hydrogen-bond donors (Lipinski definition) is 1. The lowest BCUT2D eigenvalue weighted by molar-refractivity contribution is 0.394. The van der Waals surface area contributed by atoms with E-state index in [9.17, 15) is 0 Å². The van der Waals surface area contributed by atoms with E-state index in [-0.39, 0.29) is 0 Å². The van der Waals surface area contributed by atoms with Gasteiger partial charge in [0.2, 0.25) is 0 Å². The number of benzene rings is 2. The topological polar surface area (TPSA) is 30.5 Å². The predicted octanol–water partition coefficient (Wildman–Crippen LogP) is 3.97. The summed E-state index contributed by atoms with van der Waals surface area (Å²) in [7, 11) is 3.27. The summed E-state index contributed by atoms with van der Waals surface area (Å²) in [5, 5.41) is 4.06. The molecule has 100 valence electrons. The van der Waals surface area contributed by atoms with E-state index in [4.69, 9.17) is 21.1 Å². The van der Waals surface area contributed by atoms with Gasteiger partial charge >= 0.3 is 0 Å². The van der Waals surface area contributed by atoms with Crippen molar-refractivity contribution in [3.05, 3.63) is 53.1 Å². The zero-order chi connectivity index (χ0) is 13.7. The summed E-state index contributed by atoms with van der Waals surface area (Å²) in [6.45, 7) is 0.691. The number of halogens is 1. The van der Waals surface area contributed by atoms with Gasteiger partial charge in [-0.25, -0.2) is 0 Å². The van der Waals surface area contributed by atoms with Gasteiger partial charge in [-0.05, 0) is 17.7 Å². The van der Waals surface area contributed by atoms with Gasteiger partial charge in [-0.3, -0.25) is 0 Å². The van der Waals surface area contributed by atoms with Gasteiger partial charge in [0.05, 0.1) is 14.2 Å². The van der Waals surface area contributed by atoms with Crippen LogP contribution in [0.1, 0.15) is 5.56 Å². The van der Waals surface area contributed by atoms with Crippen molar-refractivity contribution in [2.75, 3.05) is 19.5 Å². The molecule has 0 bridgehead atoms. The van der Waals surface area contributed by atoms with Crippen LogP contribution < -0.4 is 14.8 Å². The molecule has 1 N–H and O–H groups in total. The standard InChI is InChI=1S/C15H16ClNO2/c1-18-14-7-13(8-15(9-14)19-2)17-10-11-4-3-5-12(16)6-11/h3-9,17H,10H2,1-2H3. The SMILES string of the molecule is COc1cc(NCc2cccc(Cl)c2)cc(OC)c1. The number of rotatable bonds is 5. The predicted molar refractivity (Wildman–Crippen MR) is 78.3 cm³/mol. The molecule has 0 heterocycles. The molecule has 0 aliphatic rings. The molecule has 2 aromatic carbocycles. The minimum atomic E-state index is 0.691. The zero-order valence-electron chi connectivity index (χ0n) is 10.9. The minimum absolute atomic E-state index is 0.691. The Kier molecular flexibility index (Phi) is 4.53. The Labute approximate surface area is 118 Å². The van der Waals surface area contributed by atoms with Crippen LogP contribution in [0.2, 0.25) is 5.02 Å². The van der Waals surface area contributed by atoms with Crippen molar-refractivity contribution < 1.29 is 9.47 Å². The maximum atomic E-state index is 5.95. The van der Waals surface area contributed by atoms with E-state index < -0.39 is 0 Å². The van der Waals surface area contributed by atoms with E-state index in [1.807, 2.05) is 42.5 Å². The second-order valence-corrected chi connectivity index (χ2v) is 4.52. The van der Waals surface area contributed by atoms with Crippen molar-refractivity contribution in [3.8, 4) is 11.5 Å². The summed E-state index contributed by atoms with van der Waals surface area (Å²) in [5.41, 5.74) is 2.06. The van der Waals surface area contributed by atoms with E-state index in [0.29, 0.717) is 6.54 Å². The molecule has 19 heavy (non-hydrogen) atoms. The van der Waals surface area contributed by atoms with Crippen LogP contribution in [0.5, 0.6) is 11.5 Å². The molecule has 2 rings (SSSR count). The summed E-state index contributed by atoms with van der Waals surface area (Å²) in [4.78, 5) is 0. The third-order valence-corrected chi connectivity index (χ3v) is 2.97. The van der Waals surface area contributed by atoms with Crippen molar-refractivity contribution >= 4 is 17.3 Å². The van der Waals surface area contributed by atoms with Crippen molar-refractivity contribution in [1.29, 1.82) is 0 Å². The van der Waals surface area contributed by atoms with Crippen LogP contribution in [0, 0.1) is 0 Å². The highest BCUT2D eigenvalue weighted by atomic mass is 35.5. The molecule has 0 saturated heterocycles. The Hall–Kier alpha value is -1.87. The normalized spacial score (nSPS) is 10.1. The summed E-state index contributed by atoms with van der Waals surface area (Å²) < 4.78 is 10.5. The smallest absolute Gasteiger partial charge is 0.124 e. The van der Waals surface area contributed by atoms with Crippen molar-refractivity contribution in [2.24, 2.45) is 0 Å². The number of hydrogen-bond acceptors (Lipinski definition) is 3.